The fraction of sp³-hybridized carbons (Fsp3) is 0.891. The molecule has 0 spiro atoms. The largest absolute Gasteiger partial charge is 0.481 e. The minimum Gasteiger partial charge on any atom is -0.481 e. The molecule has 0 aromatic rings. The Morgan fingerprint density at radius 1 is 0.870 bits per heavy atom. The van der Waals surface area contributed by atoms with E-state index in [1.165, 1.54) is 68.8 Å². The predicted molar refractivity (Wildman–Crippen MR) is 215 cm³/mol. The Morgan fingerprint density at radius 3 is 2.17 bits per heavy atom. The molecule has 7 aliphatic carbocycles. The molecule has 7 aliphatic rings. The minimum absolute atomic E-state index is 0.0230. The molecule has 0 aliphatic heterocycles. The molecule has 5 saturated carbocycles. The number of rotatable bonds is 9. The number of halogens is 1. The van der Waals surface area contributed by atoms with Crippen LogP contribution in [0.4, 0.5) is 4.39 Å². The van der Waals surface area contributed by atoms with Crippen LogP contribution in [0.5, 0.6) is 0 Å². The summed E-state index contributed by atoms with van der Waals surface area (Å²) in [7, 11) is -3.06. The molecule has 0 heterocycles. The highest BCUT2D eigenvalue weighted by Gasteiger charge is 2.70. The molecular weight excluding hydrogens is 698 g/mol. The quantitative estimate of drug-likeness (QED) is 0.216. The van der Waals surface area contributed by atoms with Crippen molar-refractivity contribution in [3.63, 3.8) is 0 Å². The SMILES string of the molecule is CC(C)[C@@H]1CC[C@]2(NCCC3(O)CCC(S(C)(=O)=O)CC3)CC[C@]3(C)[C@H](CC[C@@H]4[C@@]5(C)CC=C(C6=CC[C@](CF)(C(=O)O)CC6)C(C)(C)[C@@H]5CC[C@]43C)[C@@H]12. The monoisotopic (exact) mass is 772 g/mol. The first-order valence-electron chi connectivity index (χ1n) is 22.0. The van der Waals surface area contributed by atoms with Crippen molar-refractivity contribution in [3.8, 4) is 0 Å². The molecule has 0 saturated heterocycles. The van der Waals surface area contributed by atoms with Crippen LogP contribution in [-0.2, 0) is 14.6 Å². The van der Waals surface area contributed by atoms with Gasteiger partial charge < -0.3 is 15.5 Å². The Balaban J connectivity index is 1.11. The van der Waals surface area contributed by atoms with Crippen molar-refractivity contribution in [2.45, 2.75) is 174 Å². The van der Waals surface area contributed by atoms with Crippen molar-refractivity contribution in [2.24, 2.45) is 62.6 Å². The summed E-state index contributed by atoms with van der Waals surface area (Å²) in [6.45, 7) is 17.8. The third-order valence-corrected chi connectivity index (χ3v) is 20.8. The second-order valence-electron chi connectivity index (χ2n) is 21.9. The molecule has 0 aromatic carbocycles. The van der Waals surface area contributed by atoms with Crippen LogP contribution in [-0.4, -0.2) is 60.5 Å². The van der Waals surface area contributed by atoms with Crippen molar-refractivity contribution >= 4 is 15.8 Å². The van der Waals surface area contributed by atoms with Gasteiger partial charge in [-0.05, 0) is 184 Å². The number of alkyl halides is 1. The third kappa shape index (κ3) is 6.16. The number of sulfone groups is 1. The maximum atomic E-state index is 14.0. The van der Waals surface area contributed by atoms with Crippen LogP contribution in [0.1, 0.15) is 158 Å². The van der Waals surface area contributed by atoms with E-state index >= 15 is 0 Å². The van der Waals surface area contributed by atoms with Crippen molar-refractivity contribution in [1.82, 2.24) is 5.32 Å². The highest BCUT2D eigenvalue weighted by atomic mass is 32.2. The molecule has 0 amide bonds. The third-order valence-electron chi connectivity index (χ3n) is 19.1. The maximum Gasteiger partial charge on any atom is 0.312 e. The average Bonchev–Trinajstić information content (AvgIpc) is 3.48. The molecule has 0 unspecified atom stereocenters. The van der Waals surface area contributed by atoms with Crippen molar-refractivity contribution < 1.29 is 27.8 Å². The van der Waals surface area contributed by atoms with E-state index < -0.39 is 33.5 Å². The smallest absolute Gasteiger partial charge is 0.312 e. The van der Waals surface area contributed by atoms with Crippen molar-refractivity contribution in [2.75, 3.05) is 19.5 Å². The number of carboxylic acid groups (broad SMARTS) is 1. The molecule has 0 aromatic heterocycles. The number of aliphatic hydroxyl groups is 1. The normalized spacial score (nSPS) is 47.5. The van der Waals surface area contributed by atoms with Crippen LogP contribution >= 0.6 is 0 Å². The van der Waals surface area contributed by atoms with Crippen LogP contribution in [0.15, 0.2) is 23.3 Å². The van der Waals surface area contributed by atoms with Gasteiger partial charge in [-0.3, -0.25) is 4.79 Å². The van der Waals surface area contributed by atoms with E-state index in [1.807, 2.05) is 0 Å². The number of hydrogen-bond donors (Lipinski definition) is 3. The fourth-order valence-electron chi connectivity index (χ4n) is 15.7. The van der Waals surface area contributed by atoms with Gasteiger partial charge in [0.2, 0.25) is 0 Å². The lowest BCUT2D eigenvalue weighted by Crippen LogP contribution is -2.68. The zero-order chi connectivity index (χ0) is 39.3. The molecule has 306 valence electrons. The fourth-order valence-corrected chi connectivity index (χ4v) is 16.8. The van der Waals surface area contributed by atoms with E-state index in [2.05, 4.69) is 65.9 Å². The Hall–Kier alpha value is -1.25. The van der Waals surface area contributed by atoms with Crippen LogP contribution in [0, 0.1) is 62.6 Å². The highest BCUT2D eigenvalue weighted by molar-refractivity contribution is 7.91. The predicted octanol–water partition coefficient (Wildman–Crippen LogP) is 9.86. The number of fused-ring (bicyclic) bond motifs is 7. The number of hydrogen-bond acceptors (Lipinski definition) is 5. The van der Waals surface area contributed by atoms with Crippen molar-refractivity contribution in [1.29, 1.82) is 0 Å². The molecule has 10 atom stereocenters. The number of aliphatic carboxylic acids is 1. The standard InChI is InChI=1S/C46H74FNO5S/c1-30(2)33-15-24-46(48-28-27-45(51)22-13-32(14-23-45)54(8,52)53)26-25-42(6)35(38(33)46)9-10-37-41(5)18-16-34(40(3,4)36(41)17-19-43(37,42)7)31-11-20-44(29-47,21-12-31)39(49)50/h11,16,30,32-33,35-38,48,51H,9-10,12-15,17-29H2,1-8H3,(H,49,50)/t32?,33-,35+,36-,37+,38+,41-,42+,43+,44-,45?,46-/m0/s1. The van der Waals surface area contributed by atoms with E-state index in [-0.39, 0.29) is 38.9 Å². The lowest BCUT2D eigenvalue weighted by molar-refractivity contribution is -0.223. The Bertz CT molecular complexity index is 1640. The van der Waals surface area contributed by atoms with E-state index in [9.17, 15) is 27.8 Å². The summed E-state index contributed by atoms with van der Waals surface area (Å²) in [5, 5.41) is 25.3. The summed E-state index contributed by atoms with van der Waals surface area (Å²) in [4.78, 5) is 12.0. The van der Waals surface area contributed by atoms with E-state index in [0.717, 1.165) is 13.0 Å². The van der Waals surface area contributed by atoms with E-state index in [0.29, 0.717) is 80.5 Å². The van der Waals surface area contributed by atoms with Crippen LogP contribution in [0.25, 0.3) is 0 Å². The zero-order valence-corrected chi connectivity index (χ0v) is 35.9. The van der Waals surface area contributed by atoms with Crippen LogP contribution in [0.2, 0.25) is 0 Å². The van der Waals surface area contributed by atoms with E-state index in [4.69, 9.17) is 0 Å². The van der Waals surface area contributed by atoms with Crippen molar-refractivity contribution in [3.05, 3.63) is 23.3 Å². The number of nitrogens with one attached hydrogen (secondary N) is 1. The first-order valence-corrected chi connectivity index (χ1v) is 23.9. The first kappa shape index (κ1) is 40.9. The maximum absolute atomic E-state index is 14.0. The summed E-state index contributed by atoms with van der Waals surface area (Å²) < 4.78 is 38.4. The minimum atomic E-state index is -3.06. The first-order chi connectivity index (χ1) is 25.1. The zero-order valence-electron chi connectivity index (χ0n) is 35.0. The Labute approximate surface area is 327 Å². The topological polar surface area (TPSA) is 104 Å². The second-order valence-corrected chi connectivity index (χ2v) is 24.2. The van der Waals surface area contributed by atoms with Gasteiger partial charge in [-0.1, -0.05) is 60.6 Å². The van der Waals surface area contributed by atoms with Gasteiger partial charge in [-0.15, -0.1) is 0 Å². The second kappa shape index (κ2) is 13.7. The number of carbonyl (C=O) groups is 1. The van der Waals surface area contributed by atoms with Gasteiger partial charge in [0.05, 0.1) is 16.3 Å². The molecule has 8 heteroatoms. The van der Waals surface area contributed by atoms with Crippen LogP contribution in [0.3, 0.4) is 0 Å². The molecule has 7 rings (SSSR count). The van der Waals surface area contributed by atoms with Crippen LogP contribution < -0.4 is 5.32 Å². The van der Waals surface area contributed by atoms with Gasteiger partial charge in [-0.25, -0.2) is 12.8 Å². The summed E-state index contributed by atoms with van der Waals surface area (Å²) in [5.41, 5.74) is 1.42. The molecular formula is C46H74FNO5S. The van der Waals surface area contributed by atoms with E-state index in [1.54, 1.807) is 0 Å². The summed E-state index contributed by atoms with van der Waals surface area (Å²) in [6, 6.07) is 0. The molecule has 6 nitrogen and oxygen atoms in total. The molecule has 3 N–H and O–H groups in total. The van der Waals surface area contributed by atoms with Gasteiger partial charge >= 0.3 is 5.97 Å². The molecule has 0 bridgehead atoms. The average molecular weight is 772 g/mol. The van der Waals surface area contributed by atoms with Gasteiger partial charge in [0, 0.05) is 11.8 Å². The van der Waals surface area contributed by atoms with Gasteiger partial charge in [0.1, 0.15) is 16.5 Å². The lowest BCUT2D eigenvalue weighted by atomic mass is 9.32. The highest BCUT2D eigenvalue weighted by Crippen LogP contribution is 2.76. The summed E-state index contributed by atoms with van der Waals surface area (Å²) >= 11 is 0. The number of carboxylic acids is 1. The molecule has 54 heavy (non-hydrogen) atoms. The van der Waals surface area contributed by atoms with Gasteiger partial charge in [-0.2, -0.15) is 0 Å². The number of allylic oxidation sites excluding steroid dienone is 4. The van der Waals surface area contributed by atoms with Gasteiger partial charge in [0.25, 0.3) is 0 Å². The summed E-state index contributed by atoms with van der Waals surface area (Å²) in [5.74, 6) is 2.82. The molecule has 5 fully saturated rings. The Kier molecular flexibility index (Phi) is 10.4. The van der Waals surface area contributed by atoms with Gasteiger partial charge in [0.15, 0.2) is 0 Å². The Morgan fingerprint density at radius 2 is 1.57 bits per heavy atom. The molecule has 0 radical (unpaired) electrons. The summed E-state index contributed by atoms with van der Waals surface area (Å²) in [6.07, 6.45) is 21.3. The lowest BCUT2D eigenvalue weighted by Gasteiger charge is -2.72.